The number of hydrogen-bond acceptors (Lipinski definition) is 2. The molecule has 0 amide bonds. The first-order valence-corrected chi connectivity index (χ1v) is 4.66. The Kier molecular flexibility index (Phi) is 2.79. The summed E-state index contributed by atoms with van der Waals surface area (Å²) in [5, 5.41) is 0. The van der Waals surface area contributed by atoms with Crippen molar-refractivity contribution >= 4 is 11.9 Å². The number of hydrogen-bond donors (Lipinski definition) is 0. The van der Waals surface area contributed by atoms with Gasteiger partial charge in [-0.15, -0.1) is 0 Å². The van der Waals surface area contributed by atoms with Crippen molar-refractivity contribution in [3.05, 3.63) is 66.1 Å². The van der Waals surface area contributed by atoms with Crippen LogP contribution in [-0.2, 0) is 4.79 Å². The molecule has 0 N–H and O–H groups in total. The van der Waals surface area contributed by atoms with E-state index in [4.69, 9.17) is 4.42 Å². The molecule has 0 fully saturated rings. The van der Waals surface area contributed by atoms with Crippen molar-refractivity contribution in [3.8, 4) is 0 Å². The molecule has 1 heterocycles. The van der Waals surface area contributed by atoms with E-state index in [0.29, 0.717) is 5.76 Å². The maximum absolute atomic E-state index is 10.6. The van der Waals surface area contributed by atoms with Gasteiger partial charge in [-0.05, 0) is 23.8 Å². The van der Waals surface area contributed by atoms with Crippen molar-refractivity contribution in [2.45, 2.75) is 0 Å². The second kappa shape index (κ2) is 4.42. The highest BCUT2D eigenvalue weighted by molar-refractivity contribution is 5.87. The fraction of sp³-hybridized carbons (Fsp3) is 0. The standard InChI is InChI=1S/C13H10O2/c14-9-8-12(13-7-4-10-15-13)11-5-2-1-3-6-11/h1-10H/b12-8-. The molecule has 2 aromatic rings. The number of benzene rings is 1. The molecule has 2 nitrogen and oxygen atoms in total. The van der Waals surface area contributed by atoms with Crippen molar-refractivity contribution < 1.29 is 9.21 Å². The highest BCUT2D eigenvalue weighted by Gasteiger charge is 2.06. The Morgan fingerprint density at radius 1 is 1.07 bits per heavy atom. The molecule has 0 saturated heterocycles. The zero-order valence-corrected chi connectivity index (χ0v) is 8.09. The summed E-state index contributed by atoms with van der Waals surface area (Å²) in [4.78, 5) is 10.6. The van der Waals surface area contributed by atoms with E-state index in [2.05, 4.69) is 0 Å². The molecule has 0 aliphatic carbocycles. The van der Waals surface area contributed by atoms with Crippen LogP contribution in [0, 0.1) is 0 Å². The molecule has 0 saturated carbocycles. The summed E-state index contributed by atoms with van der Waals surface area (Å²) in [6.45, 7) is 0. The number of furan rings is 1. The molecule has 74 valence electrons. The highest BCUT2D eigenvalue weighted by atomic mass is 16.3. The first-order chi connectivity index (χ1) is 7.42. The molecular formula is C13H10O2. The maximum Gasteiger partial charge on any atom is 0.143 e. The molecule has 15 heavy (non-hydrogen) atoms. The van der Waals surface area contributed by atoms with Crippen LogP contribution < -0.4 is 0 Å². The second-order valence-electron chi connectivity index (χ2n) is 3.06. The van der Waals surface area contributed by atoms with Crippen LogP contribution >= 0.6 is 0 Å². The van der Waals surface area contributed by atoms with Crippen LogP contribution in [-0.4, -0.2) is 6.29 Å². The van der Waals surface area contributed by atoms with Crippen LogP contribution in [0.1, 0.15) is 11.3 Å². The van der Waals surface area contributed by atoms with Gasteiger partial charge in [0, 0.05) is 5.57 Å². The minimum absolute atomic E-state index is 0.702. The van der Waals surface area contributed by atoms with Crippen molar-refractivity contribution in [1.29, 1.82) is 0 Å². The SMILES string of the molecule is O=C/C=C(/c1ccccc1)c1ccco1. The smallest absolute Gasteiger partial charge is 0.143 e. The number of aldehydes is 1. The largest absolute Gasteiger partial charge is 0.464 e. The molecule has 1 aromatic heterocycles. The lowest BCUT2D eigenvalue weighted by atomic mass is 10.0. The first kappa shape index (κ1) is 9.46. The fourth-order valence-corrected chi connectivity index (χ4v) is 1.44. The van der Waals surface area contributed by atoms with Gasteiger partial charge in [0.15, 0.2) is 0 Å². The number of carbonyl (C=O) groups excluding carboxylic acids is 1. The topological polar surface area (TPSA) is 30.2 Å². The predicted molar refractivity (Wildman–Crippen MR) is 58.3 cm³/mol. The van der Waals surface area contributed by atoms with Gasteiger partial charge in [0.2, 0.25) is 0 Å². The van der Waals surface area contributed by atoms with Gasteiger partial charge in [-0.2, -0.15) is 0 Å². The van der Waals surface area contributed by atoms with Crippen LogP contribution in [0.3, 0.4) is 0 Å². The Morgan fingerprint density at radius 2 is 1.87 bits per heavy atom. The van der Waals surface area contributed by atoms with Gasteiger partial charge in [-0.25, -0.2) is 0 Å². The highest BCUT2D eigenvalue weighted by Crippen LogP contribution is 2.22. The average molecular weight is 198 g/mol. The van der Waals surface area contributed by atoms with Gasteiger partial charge in [0.25, 0.3) is 0 Å². The summed E-state index contributed by atoms with van der Waals surface area (Å²) in [6.07, 6.45) is 3.87. The Bertz CT molecular complexity index is 453. The van der Waals surface area contributed by atoms with Crippen molar-refractivity contribution in [3.63, 3.8) is 0 Å². The summed E-state index contributed by atoms with van der Waals surface area (Å²) >= 11 is 0. The normalized spacial score (nSPS) is 11.3. The molecule has 0 spiro atoms. The van der Waals surface area contributed by atoms with E-state index >= 15 is 0 Å². The molecule has 0 unspecified atom stereocenters. The van der Waals surface area contributed by atoms with Gasteiger partial charge in [-0.3, -0.25) is 4.79 Å². The lowest BCUT2D eigenvalue weighted by Crippen LogP contribution is -1.85. The zero-order chi connectivity index (χ0) is 10.5. The minimum Gasteiger partial charge on any atom is -0.464 e. The van der Waals surface area contributed by atoms with E-state index in [-0.39, 0.29) is 0 Å². The van der Waals surface area contributed by atoms with E-state index in [0.717, 1.165) is 17.4 Å². The van der Waals surface area contributed by atoms with Gasteiger partial charge < -0.3 is 4.42 Å². The minimum atomic E-state index is 0.702. The summed E-state index contributed by atoms with van der Waals surface area (Å²) in [6, 6.07) is 13.3. The molecule has 0 aliphatic heterocycles. The fourth-order valence-electron chi connectivity index (χ4n) is 1.44. The van der Waals surface area contributed by atoms with E-state index < -0.39 is 0 Å². The Labute approximate surface area is 87.8 Å². The van der Waals surface area contributed by atoms with Crippen LogP contribution in [0.15, 0.2) is 59.2 Å². The summed E-state index contributed by atoms with van der Waals surface area (Å²) in [7, 11) is 0. The number of rotatable bonds is 3. The Balaban J connectivity index is 2.47. The van der Waals surface area contributed by atoms with E-state index in [1.807, 2.05) is 36.4 Å². The van der Waals surface area contributed by atoms with Crippen LogP contribution in [0.2, 0.25) is 0 Å². The quantitative estimate of drug-likeness (QED) is 0.560. The molecule has 2 heteroatoms. The average Bonchev–Trinajstić information content (AvgIpc) is 2.80. The Morgan fingerprint density at radius 3 is 2.47 bits per heavy atom. The molecule has 0 aliphatic rings. The zero-order valence-electron chi connectivity index (χ0n) is 8.09. The molecule has 1 aromatic carbocycles. The first-order valence-electron chi connectivity index (χ1n) is 4.66. The van der Waals surface area contributed by atoms with E-state index in [9.17, 15) is 4.79 Å². The Hall–Kier alpha value is -2.09. The lowest BCUT2D eigenvalue weighted by Gasteiger charge is -2.02. The van der Waals surface area contributed by atoms with Crippen LogP contribution in [0.4, 0.5) is 0 Å². The third kappa shape index (κ3) is 2.05. The maximum atomic E-state index is 10.6. The number of carbonyl (C=O) groups is 1. The van der Waals surface area contributed by atoms with E-state index in [1.165, 1.54) is 6.08 Å². The van der Waals surface area contributed by atoms with Gasteiger partial charge in [0.05, 0.1) is 6.26 Å². The number of allylic oxidation sites excluding steroid dienone is 1. The van der Waals surface area contributed by atoms with Gasteiger partial charge in [-0.1, -0.05) is 30.3 Å². The van der Waals surface area contributed by atoms with Crippen LogP contribution in [0.5, 0.6) is 0 Å². The van der Waals surface area contributed by atoms with Crippen molar-refractivity contribution in [2.75, 3.05) is 0 Å². The summed E-state index contributed by atoms with van der Waals surface area (Å²) in [5.41, 5.74) is 1.77. The lowest BCUT2D eigenvalue weighted by molar-refractivity contribution is -0.104. The summed E-state index contributed by atoms with van der Waals surface area (Å²) in [5.74, 6) is 0.702. The van der Waals surface area contributed by atoms with Gasteiger partial charge >= 0.3 is 0 Å². The van der Waals surface area contributed by atoms with Crippen molar-refractivity contribution in [1.82, 2.24) is 0 Å². The third-order valence-electron chi connectivity index (χ3n) is 2.11. The molecule has 0 bridgehead atoms. The monoisotopic (exact) mass is 198 g/mol. The predicted octanol–water partition coefficient (Wildman–Crippen LogP) is 2.91. The molecule has 0 radical (unpaired) electrons. The molecular weight excluding hydrogens is 188 g/mol. The van der Waals surface area contributed by atoms with Crippen molar-refractivity contribution in [2.24, 2.45) is 0 Å². The third-order valence-corrected chi connectivity index (χ3v) is 2.11. The molecule has 2 rings (SSSR count). The summed E-state index contributed by atoms with van der Waals surface area (Å²) < 4.78 is 5.28. The van der Waals surface area contributed by atoms with Gasteiger partial charge in [0.1, 0.15) is 12.0 Å². The second-order valence-corrected chi connectivity index (χ2v) is 3.06. The van der Waals surface area contributed by atoms with E-state index in [1.54, 1.807) is 12.3 Å². The van der Waals surface area contributed by atoms with Crippen LogP contribution in [0.25, 0.3) is 5.57 Å². The molecule has 0 atom stereocenters.